The average Bonchev–Trinajstić information content (AvgIpc) is 2.42. The Hall–Kier alpha value is -1.37. The van der Waals surface area contributed by atoms with Gasteiger partial charge in [0.1, 0.15) is 0 Å². The molecule has 19 heavy (non-hydrogen) atoms. The Labute approximate surface area is 117 Å². The van der Waals surface area contributed by atoms with Gasteiger partial charge in [0.2, 0.25) is 0 Å². The zero-order valence-corrected chi connectivity index (χ0v) is 12.4. The van der Waals surface area contributed by atoms with Crippen molar-refractivity contribution >= 4 is 5.71 Å². The van der Waals surface area contributed by atoms with Gasteiger partial charge in [0.25, 0.3) is 0 Å². The Kier molecular flexibility index (Phi) is 4.57. The lowest BCUT2D eigenvalue weighted by Gasteiger charge is -2.29. The molecule has 1 aromatic rings. The van der Waals surface area contributed by atoms with Crippen molar-refractivity contribution in [3.05, 3.63) is 48.0 Å². The summed E-state index contributed by atoms with van der Waals surface area (Å²) in [5.41, 5.74) is 4.00. The summed E-state index contributed by atoms with van der Waals surface area (Å²) in [7, 11) is 0. The second-order valence-electron chi connectivity index (χ2n) is 5.93. The van der Waals surface area contributed by atoms with Gasteiger partial charge in [-0.2, -0.15) is 0 Å². The van der Waals surface area contributed by atoms with E-state index in [0.29, 0.717) is 11.8 Å². The summed E-state index contributed by atoms with van der Waals surface area (Å²) in [6.45, 7) is 10.8. The number of aliphatic imine (C=N–C) groups is 1. The highest BCUT2D eigenvalue weighted by atomic mass is 14.8. The number of allylic oxidation sites excluding steroid dienone is 1. The fraction of sp³-hybridized carbons (Fsp3) is 0.500. The van der Waals surface area contributed by atoms with Gasteiger partial charge in [-0.3, -0.25) is 4.99 Å². The summed E-state index contributed by atoms with van der Waals surface area (Å²) >= 11 is 0. The summed E-state index contributed by atoms with van der Waals surface area (Å²) in [6.07, 6.45) is 3.63. The molecule has 1 unspecified atom stereocenters. The highest BCUT2D eigenvalue weighted by Crippen LogP contribution is 2.32. The molecule has 1 heteroatoms. The van der Waals surface area contributed by atoms with Crippen LogP contribution in [0.2, 0.25) is 0 Å². The molecule has 102 valence electrons. The van der Waals surface area contributed by atoms with Gasteiger partial charge in [-0.05, 0) is 50.5 Å². The number of hydrogen-bond donors (Lipinski definition) is 0. The SMILES string of the molecule is C=C(C)[C@@H]1CCC(C)C(=N[C@H](C)c2ccccc2)C1. The van der Waals surface area contributed by atoms with Crippen molar-refractivity contribution in [1.29, 1.82) is 0 Å². The molecule has 0 spiro atoms. The summed E-state index contributed by atoms with van der Waals surface area (Å²) in [4.78, 5) is 5.00. The molecule has 1 saturated carbocycles. The maximum absolute atomic E-state index is 5.00. The second kappa shape index (κ2) is 6.18. The van der Waals surface area contributed by atoms with Crippen molar-refractivity contribution in [3.63, 3.8) is 0 Å². The van der Waals surface area contributed by atoms with E-state index >= 15 is 0 Å². The molecular weight excluding hydrogens is 230 g/mol. The predicted molar refractivity (Wildman–Crippen MR) is 83.6 cm³/mol. The molecule has 0 aliphatic heterocycles. The lowest BCUT2D eigenvalue weighted by Crippen LogP contribution is -2.24. The van der Waals surface area contributed by atoms with E-state index < -0.39 is 0 Å². The highest BCUT2D eigenvalue weighted by Gasteiger charge is 2.24. The van der Waals surface area contributed by atoms with E-state index in [-0.39, 0.29) is 6.04 Å². The minimum absolute atomic E-state index is 0.266. The fourth-order valence-corrected chi connectivity index (χ4v) is 2.83. The molecule has 0 aromatic heterocycles. The second-order valence-corrected chi connectivity index (χ2v) is 5.93. The molecule has 2 rings (SSSR count). The zero-order chi connectivity index (χ0) is 13.8. The van der Waals surface area contributed by atoms with Crippen LogP contribution in [0.1, 0.15) is 51.6 Å². The maximum atomic E-state index is 5.00. The van der Waals surface area contributed by atoms with Crippen molar-refractivity contribution in [2.45, 2.75) is 46.1 Å². The topological polar surface area (TPSA) is 12.4 Å². The molecule has 1 fully saturated rings. The predicted octanol–water partition coefficient (Wildman–Crippen LogP) is 5.20. The van der Waals surface area contributed by atoms with Crippen LogP contribution in [-0.4, -0.2) is 5.71 Å². The Morgan fingerprint density at radius 2 is 1.95 bits per heavy atom. The molecule has 0 N–H and O–H groups in total. The number of hydrogen-bond acceptors (Lipinski definition) is 1. The van der Waals surface area contributed by atoms with Crippen molar-refractivity contribution < 1.29 is 0 Å². The highest BCUT2D eigenvalue weighted by molar-refractivity contribution is 5.88. The summed E-state index contributed by atoms with van der Waals surface area (Å²) in [5.74, 6) is 1.26. The minimum atomic E-state index is 0.266. The molecule has 0 amide bonds. The van der Waals surface area contributed by atoms with Crippen LogP contribution in [0.3, 0.4) is 0 Å². The van der Waals surface area contributed by atoms with Gasteiger partial charge in [-0.25, -0.2) is 0 Å². The van der Waals surface area contributed by atoms with E-state index in [1.165, 1.54) is 29.7 Å². The third kappa shape index (κ3) is 3.56. The molecule has 0 radical (unpaired) electrons. The molecule has 0 saturated heterocycles. The minimum Gasteiger partial charge on any atom is -0.286 e. The Morgan fingerprint density at radius 1 is 1.26 bits per heavy atom. The lowest BCUT2D eigenvalue weighted by atomic mass is 9.78. The fourth-order valence-electron chi connectivity index (χ4n) is 2.83. The van der Waals surface area contributed by atoms with E-state index in [1.807, 2.05) is 0 Å². The van der Waals surface area contributed by atoms with E-state index in [0.717, 1.165) is 6.42 Å². The van der Waals surface area contributed by atoms with Crippen LogP contribution < -0.4 is 0 Å². The van der Waals surface area contributed by atoms with Crippen LogP contribution in [0.25, 0.3) is 0 Å². The largest absolute Gasteiger partial charge is 0.286 e. The van der Waals surface area contributed by atoms with Crippen molar-refractivity contribution in [3.8, 4) is 0 Å². The normalized spacial score (nSPS) is 27.2. The van der Waals surface area contributed by atoms with Crippen LogP contribution in [-0.2, 0) is 0 Å². The van der Waals surface area contributed by atoms with Gasteiger partial charge < -0.3 is 0 Å². The smallest absolute Gasteiger partial charge is 0.0720 e. The summed E-state index contributed by atoms with van der Waals surface area (Å²) in [6, 6.07) is 10.8. The van der Waals surface area contributed by atoms with E-state index in [2.05, 4.69) is 57.7 Å². The first-order valence-corrected chi connectivity index (χ1v) is 7.35. The van der Waals surface area contributed by atoms with Gasteiger partial charge in [-0.15, -0.1) is 0 Å². The van der Waals surface area contributed by atoms with Crippen molar-refractivity contribution in [2.24, 2.45) is 16.8 Å². The van der Waals surface area contributed by atoms with Gasteiger partial charge >= 0.3 is 0 Å². The third-order valence-corrected chi connectivity index (χ3v) is 4.31. The van der Waals surface area contributed by atoms with Gasteiger partial charge in [0, 0.05) is 5.71 Å². The Morgan fingerprint density at radius 3 is 2.58 bits per heavy atom. The zero-order valence-electron chi connectivity index (χ0n) is 12.4. The lowest BCUT2D eigenvalue weighted by molar-refractivity contribution is 0.461. The molecule has 0 heterocycles. The van der Waals surface area contributed by atoms with Crippen LogP contribution in [0, 0.1) is 11.8 Å². The van der Waals surface area contributed by atoms with Gasteiger partial charge in [0.15, 0.2) is 0 Å². The van der Waals surface area contributed by atoms with Gasteiger partial charge in [0.05, 0.1) is 6.04 Å². The first-order chi connectivity index (χ1) is 9.08. The monoisotopic (exact) mass is 255 g/mol. The Bertz CT molecular complexity index is 458. The Balaban J connectivity index is 2.14. The summed E-state index contributed by atoms with van der Waals surface area (Å²) < 4.78 is 0. The maximum Gasteiger partial charge on any atom is 0.0720 e. The van der Waals surface area contributed by atoms with Crippen LogP contribution in [0.4, 0.5) is 0 Å². The first-order valence-electron chi connectivity index (χ1n) is 7.35. The molecule has 1 aromatic carbocycles. The van der Waals surface area contributed by atoms with Crippen LogP contribution >= 0.6 is 0 Å². The quantitative estimate of drug-likeness (QED) is 0.658. The van der Waals surface area contributed by atoms with E-state index in [9.17, 15) is 0 Å². The molecule has 1 aliphatic rings. The molecule has 3 atom stereocenters. The first kappa shape index (κ1) is 14.0. The average molecular weight is 255 g/mol. The van der Waals surface area contributed by atoms with E-state index in [1.54, 1.807) is 0 Å². The van der Waals surface area contributed by atoms with Gasteiger partial charge in [-0.1, -0.05) is 49.4 Å². The number of nitrogens with zero attached hydrogens (tertiary/aromatic N) is 1. The van der Waals surface area contributed by atoms with Crippen LogP contribution in [0.15, 0.2) is 47.5 Å². The molecule has 1 nitrogen and oxygen atoms in total. The third-order valence-electron chi connectivity index (χ3n) is 4.31. The number of rotatable bonds is 3. The van der Waals surface area contributed by atoms with Crippen molar-refractivity contribution in [2.75, 3.05) is 0 Å². The van der Waals surface area contributed by atoms with Crippen molar-refractivity contribution in [1.82, 2.24) is 0 Å². The van der Waals surface area contributed by atoms with Crippen LogP contribution in [0.5, 0.6) is 0 Å². The van der Waals surface area contributed by atoms with E-state index in [4.69, 9.17) is 4.99 Å². The molecule has 0 bridgehead atoms. The molecular formula is C18H25N. The molecule has 1 aliphatic carbocycles. The summed E-state index contributed by atoms with van der Waals surface area (Å²) in [5, 5.41) is 0. The number of benzene rings is 1. The standard InChI is InChI=1S/C18H25N/c1-13(2)17-11-10-14(3)18(12-17)19-15(4)16-8-6-5-7-9-16/h5-9,14-15,17H,1,10-12H2,2-4H3/t14?,15-,17-/m1/s1.